The second-order valence-corrected chi connectivity index (χ2v) is 7.17. The van der Waals surface area contributed by atoms with Gasteiger partial charge in [0.25, 0.3) is 0 Å². The van der Waals surface area contributed by atoms with Crippen LogP contribution in [0.3, 0.4) is 0 Å². The summed E-state index contributed by atoms with van der Waals surface area (Å²) >= 11 is 5.93. The molecule has 2 N–H and O–H groups in total. The highest BCUT2D eigenvalue weighted by atomic mass is 35.5. The summed E-state index contributed by atoms with van der Waals surface area (Å²) in [5.74, 6) is -0.155. The lowest BCUT2D eigenvalue weighted by molar-refractivity contribution is -0.133. The van der Waals surface area contributed by atoms with Gasteiger partial charge in [0.2, 0.25) is 0 Å². The maximum absolute atomic E-state index is 14.0. The van der Waals surface area contributed by atoms with E-state index in [0.717, 1.165) is 6.07 Å². The lowest BCUT2D eigenvalue weighted by atomic mass is 9.95. The third kappa shape index (κ3) is 4.05. The number of benzene rings is 3. The highest BCUT2D eigenvalue weighted by Crippen LogP contribution is 2.42. The van der Waals surface area contributed by atoms with E-state index in [1.807, 2.05) is 0 Å². The van der Waals surface area contributed by atoms with Gasteiger partial charge >= 0.3 is 5.97 Å². The molecular formula is C23H17ClFNO5. The highest BCUT2D eigenvalue weighted by Gasteiger charge is 2.31. The molecule has 1 atom stereocenters. The van der Waals surface area contributed by atoms with Gasteiger partial charge < -0.3 is 24.6 Å². The highest BCUT2D eigenvalue weighted by molar-refractivity contribution is 6.31. The SMILES string of the molecule is COc1ccc(Oc2ccc(N3C=C(C(=O)O)C(O)c4cc(F)c(Cl)cc43)cc2)cc1. The van der Waals surface area contributed by atoms with Gasteiger partial charge in [-0.1, -0.05) is 11.6 Å². The Balaban J connectivity index is 1.67. The Kier molecular flexibility index (Phi) is 5.54. The third-order valence-electron chi connectivity index (χ3n) is 4.84. The van der Waals surface area contributed by atoms with Gasteiger partial charge in [-0.2, -0.15) is 0 Å². The smallest absolute Gasteiger partial charge is 0.336 e. The summed E-state index contributed by atoms with van der Waals surface area (Å²) in [5, 5.41) is 19.7. The van der Waals surface area contributed by atoms with Crippen molar-refractivity contribution in [2.24, 2.45) is 0 Å². The Hall–Kier alpha value is -3.55. The first-order chi connectivity index (χ1) is 14.9. The number of aliphatic hydroxyl groups excluding tert-OH is 1. The first-order valence-electron chi connectivity index (χ1n) is 9.20. The number of aliphatic carboxylic acids is 1. The van der Waals surface area contributed by atoms with Gasteiger partial charge in [-0.25, -0.2) is 9.18 Å². The van der Waals surface area contributed by atoms with Crippen molar-refractivity contribution in [1.29, 1.82) is 0 Å². The molecule has 1 aliphatic heterocycles. The van der Waals surface area contributed by atoms with Crippen LogP contribution in [0, 0.1) is 5.82 Å². The summed E-state index contributed by atoms with van der Waals surface area (Å²) in [7, 11) is 1.58. The van der Waals surface area contributed by atoms with Crippen LogP contribution < -0.4 is 14.4 Å². The number of rotatable bonds is 5. The molecule has 0 amide bonds. The van der Waals surface area contributed by atoms with Crippen molar-refractivity contribution in [2.75, 3.05) is 12.0 Å². The van der Waals surface area contributed by atoms with Crippen LogP contribution in [0.5, 0.6) is 17.2 Å². The molecule has 0 aliphatic carbocycles. The predicted octanol–water partition coefficient (Wildman–Crippen LogP) is 5.43. The van der Waals surface area contributed by atoms with E-state index < -0.39 is 17.9 Å². The quantitative estimate of drug-likeness (QED) is 0.549. The Morgan fingerprint density at radius 2 is 1.61 bits per heavy atom. The minimum Gasteiger partial charge on any atom is -0.497 e. The monoisotopic (exact) mass is 441 g/mol. The molecule has 1 aliphatic rings. The van der Waals surface area contributed by atoms with Gasteiger partial charge in [0.15, 0.2) is 0 Å². The number of hydrogen-bond acceptors (Lipinski definition) is 5. The molecule has 0 bridgehead atoms. The van der Waals surface area contributed by atoms with Crippen LogP contribution in [0.2, 0.25) is 5.02 Å². The van der Waals surface area contributed by atoms with Crippen LogP contribution in [-0.2, 0) is 4.79 Å². The van der Waals surface area contributed by atoms with E-state index >= 15 is 0 Å². The lowest BCUT2D eigenvalue weighted by Crippen LogP contribution is -2.24. The molecule has 31 heavy (non-hydrogen) atoms. The number of anilines is 2. The molecule has 0 radical (unpaired) electrons. The number of carboxylic acid groups (broad SMARTS) is 1. The van der Waals surface area contributed by atoms with Gasteiger partial charge in [0.05, 0.1) is 23.4 Å². The predicted molar refractivity (Wildman–Crippen MR) is 114 cm³/mol. The summed E-state index contributed by atoms with van der Waals surface area (Å²) in [6.07, 6.45) is -0.184. The minimum absolute atomic E-state index is 0.111. The fourth-order valence-electron chi connectivity index (χ4n) is 3.27. The molecule has 4 rings (SSSR count). The van der Waals surface area contributed by atoms with Gasteiger partial charge in [-0.3, -0.25) is 0 Å². The number of halogens is 2. The fraction of sp³-hybridized carbons (Fsp3) is 0.0870. The van der Waals surface area contributed by atoms with E-state index in [1.54, 1.807) is 55.6 Å². The van der Waals surface area contributed by atoms with E-state index in [9.17, 15) is 19.4 Å². The van der Waals surface area contributed by atoms with Crippen molar-refractivity contribution < 1.29 is 28.9 Å². The minimum atomic E-state index is -1.48. The Morgan fingerprint density at radius 1 is 1.03 bits per heavy atom. The molecule has 0 saturated carbocycles. The first-order valence-corrected chi connectivity index (χ1v) is 9.58. The van der Waals surface area contributed by atoms with Crippen molar-refractivity contribution in [3.05, 3.63) is 88.8 Å². The van der Waals surface area contributed by atoms with E-state index in [0.29, 0.717) is 28.6 Å². The topological polar surface area (TPSA) is 79.2 Å². The van der Waals surface area contributed by atoms with E-state index in [-0.39, 0.29) is 16.2 Å². The van der Waals surface area contributed by atoms with Crippen molar-refractivity contribution in [1.82, 2.24) is 0 Å². The van der Waals surface area contributed by atoms with Crippen molar-refractivity contribution in [3.63, 3.8) is 0 Å². The number of hydrogen-bond donors (Lipinski definition) is 2. The molecular weight excluding hydrogens is 425 g/mol. The Labute approximate surface area is 182 Å². The van der Waals surface area contributed by atoms with Crippen LogP contribution in [0.1, 0.15) is 11.7 Å². The van der Waals surface area contributed by atoms with Crippen molar-refractivity contribution in [2.45, 2.75) is 6.10 Å². The zero-order chi connectivity index (χ0) is 22.1. The van der Waals surface area contributed by atoms with E-state index in [4.69, 9.17) is 21.1 Å². The molecule has 8 heteroatoms. The van der Waals surface area contributed by atoms with Crippen LogP contribution in [-0.4, -0.2) is 23.3 Å². The van der Waals surface area contributed by atoms with Gasteiger partial charge in [-0.15, -0.1) is 0 Å². The molecule has 3 aromatic carbocycles. The maximum atomic E-state index is 14.0. The molecule has 0 fully saturated rings. The number of ether oxygens (including phenoxy) is 2. The molecule has 1 heterocycles. The van der Waals surface area contributed by atoms with Gasteiger partial charge in [0, 0.05) is 17.5 Å². The van der Waals surface area contributed by atoms with Crippen molar-refractivity contribution >= 4 is 28.9 Å². The summed E-state index contributed by atoms with van der Waals surface area (Å²) in [6, 6.07) is 16.4. The summed E-state index contributed by atoms with van der Waals surface area (Å²) in [5.41, 5.74) is 0.789. The Bertz CT molecular complexity index is 1160. The molecule has 1 unspecified atom stereocenters. The second kappa shape index (κ2) is 8.29. The fourth-order valence-corrected chi connectivity index (χ4v) is 3.42. The number of carboxylic acids is 1. The van der Waals surface area contributed by atoms with E-state index in [2.05, 4.69) is 0 Å². The number of aliphatic hydroxyl groups is 1. The average molecular weight is 442 g/mol. The third-order valence-corrected chi connectivity index (χ3v) is 5.13. The van der Waals surface area contributed by atoms with Crippen LogP contribution >= 0.6 is 11.6 Å². The molecule has 6 nitrogen and oxygen atoms in total. The number of fused-ring (bicyclic) bond motifs is 1. The summed E-state index contributed by atoms with van der Waals surface area (Å²) in [6.45, 7) is 0. The molecule has 158 valence electrons. The standard InChI is InChI=1S/C23H17ClFNO5/c1-30-14-6-8-16(9-7-14)31-15-4-2-13(3-5-15)26-12-18(23(28)29)22(27)17-10-20(25)19(24)11-21(17)26/h2-12,22,27H,1H3,(H,28,29). The van der Waals surface area contributed by atoms with Crippen LogP contribution in [0.25, 0.3) is 0 Å². The van der Waals surface area contributed by atoms with Crippen molar-refractivity contribution in [3.8, 4) is 17.2 Å². The lowest BCUT2D eigenvalue weighted by Gasteiger charge is -2.31. The molecule has 0 spiro atoms. The number of methoxy groups -OCH3 is 1. The van der Waals surface area contributed by atoms with Crippen LogP contribution in [0.4, 0.5) is 15.8 Å². The van der Waals surface area contributed by atoms with E-state index in [1.165, 1.54) is 17.2 Å². The molecule has 0 aromatic heterocycles. The largest absolute Gasteiger partial charge is 0.497 e. The zero-order valence-corrected chi connectivity index (χ0v) is 17.0. The molecule has 0 saturated heterocycles. The van der Waals surface area contributed by atoms with Gasteiger partial charge in [-0.05, 0) is 60.7 Å². The summed E-state index contributed by atoms with van der Waals surface area (Å²) < 4.78 is 24.9. The maximum Gasteiger partial charge on any atom is 0.336 e. The van der Waals surface area contributed by atoms with Crippen LogP contribution in [0.15, 0.2) is 72.4 Å². The summed E-state index contributed by atoms with van der Waals surface area (Å²) in [4.78, 5) is 13.1. The first kappa shape index (κ1) is 20.7. The molecule has 3 aromatic rings. The average Bonchev–Trinajstić information content (AvgIpc) is 2.76. The normalized spacial score (nSPS) is 15.2. The number of nitrogens with zero attached hydrogens (tertiary/aromatic N) is 1. The zero-order valence-electron chi connectivity index (χ0n) is 16.3. The van der Waals surface area contributed by atoms with Gasteiger partial charge in [0.1, 0.15) is 29.2 Å². The Morgan fingerprint density at radius 3 is 2.19 bits per heavy atom. The number of carbonyl (C=O) groups is 1. The second-order valence-electron chi connectivity index (χ2n) is 6.76.